The van der Waals surface area contributed by atoms with Gasteiger partial charge in [0.15, 0.2) is 0 Å². The van der Waals surface area contributed by atoms with Crippen molar-refractivity contribution < 1.29 is 14.3 Å². The fourth-order valence-corrected chi connectivity index (χ4v) is 4.05. The third kappa shape index (κ3) is 3.96. The minimum Gasteiger partial charge on any atom is -0.474 e. The normalized spacial score (nSPS) is 19.5. The predicted octanol–water partition coefficient (Wildman–Crippen LogP) is 1.01. The summed E-state index contributed by atoms with van der Waals surface area (Å²) >= 11 is 0. The van der Waals surface area contributed by atoms with Crippen LogP contribution in [0, 0.1) is 0 Å². The third-order valence-corrected chi connectivity index (χ3v) is 5.84. The standard InChI is InChI=1S/C15H26N2O3Si/c1-17-8-6-15(19,7-9-17)11-16-13(18)12-5-10-20-14(12)21(2,3)4/h5,10,19H,6-9,11H2,1-4H3,(H,16,18). The van der Waals surface area contributed by atoms with Gasteiger partial charge in [-0.05, 0) is 26.0 Å². The fraction of sp³-hybridized carbons (Fsp3) is 0.667. The van der Waals surface area contributed by atoms with Crippen molar-refractivity contribution in [3.05, 3.63) is 17.9 Å². The maximum Gasteiger partial charge on any atom is 0.254 e. The van der Waals surface area contributed by atoms with Crippen LogP contribution >= 0.6 is 0 Å². The number of carbonyl (C=O) groups is 1. The van der Waals surface area contributed by atoms with Gasteiger partial charge in [0.2, 0.25) is 0 Å². The second kappa shape index (κ2) is 5.94. The lowest BCUT2D eigenvalue weighted by atomic mass is 9.91. The molecule has 1 aromatic heterocycles. The number of nitrogens with one attached hydrogen (secondary N) is 1. The summed E-state index contributed by atoms with van der Waals surface area (Å²) in [5.41, 5.74) is -0.170. The molecule has 0 bridgehead atoms. The molecule has 0 unspecified atom stereocenters. The molecule has 0 spiro atoms. The van der Waals surface area contributed by atoms with Gasteiger partial charge < -0.3 is 19.7 Å². The number of likely N-dealkylation sites (tertiary alicyclic amines) is 1. The van der Waals surface area contributed by atoms with Gasteiger partial charge in [-0.2, -0.15) is 0 Å². The van der Waals surface area contributed by atoms with Gasteiger partial charge in [0.1, 0.15) is 8.07 Å². The van der Waals surface area contributed by atoms with Crippen molar-refractivity contribution in [2.45, 2.75) is 38.1 Å². The Morgan fingerprint density at radius 1 is 1.43 bits per heavy atom. The summed E-state index contributed by atoms with van der Waals surface area (Å²) < 4.78 is 5.51. The smallest absolute Gasteiger partial charge is 0.254 e. The first-order valence-corrected chi connectivity index (χ1v) is 11.0. The molecule has 0 saturated carbocycles. The molecule has 1 aliphatic rings. The summed E-state index contributed by atoms with van der Waals surface area (Å²) in [4.78, 5) is 14.5. The van der Waals surface area contributed by atoms with E-state index in [1.54, 1.807) is 12.3 Å². The Bertz CT molecular complexity index is 499. The second-order valence-corrected chi connectivity index (χ2v) is 12.1. The minimum atomic E-state index is -1.68. The molecule has 1 saturated heterocycles. The molecule has 0 atom stereocenters. The predicted molar refractivity (Wildman–Crippen MR) is 85.7 cm³/mol. The topological polar surface area (TPSA) is 65.7 Å². The van der Waals surface area contributed by atoms with Crippen molar-refractivity contribution in [1.29, 1.82) is 0 Å². The van der Waals surface area contributed by atoms with E-state index in [2.05, 4.69) is 29.9 Å². The SMILES string of the molecule is CN1CCC(O)(CNC(=O)c2ccoc2[Si](C)(C)C)CC1. The van der Waals surface area contributed by atoms with Crippen molar-refractivity contribution in [2.24, 2.45) is 0 Å². The van der Waals surface area contributed by atoms with Crippen LogP contribution in [0.3, 0.4) is 0 Å². The summed E-state index contributed by atoms with van der Waals surface area (Å²) in [7, 11) is 0.364. The summed E-state index contributed by atoms with van der Waals surface area (Å²) in [6.45, 7) is 8.46. The monoisotopic (exact) mass is 310 g/mol. The quantitative estimate of drug-likeness (QED) is 0.815. The van der Waals surface area contributed by atoms with E-state index < -0.39 is 13.7 Å². The zero-order valence-electron chi connectivity index (χ0n) is 13.4. The van der Waals surface area contributed by atoms with Crippen molar-refractivity contribution in [3.8, 4) is 0 Å². The molecule has 2 N–H and O–H groups in total. The number of furan rings is 1. The molecule has 6 heteroatoms. The van der Waals surface area contributed by atoms with Crippen LogP contribution < -0.4 is 10.7 Å². The Balaban J connectivity index is 1.98. The lowest BCUT2D eigenvalue weighted by Crippen LogP contribution is -2.51. The summed E-state index contributed by atoms with van der Waals surface area (Å²) in [5.74, 6) is -0.145. The van der Waals surface area contributed by atoms with E-state index in [9.17, 15) is 9.90 Å². The molecular weight excluding hydrogens is 284 g/mol. The second-order valence-electron chi connectivity index (χ2n) is 7.12. The van der Waals surface area contributed by atoms with Crippen LogP contribution in [0.1, 0.15) is 23.2 Å². The molecule has 118 valence electrons. The number of aliphatic hydroxyl groups is 1. The number of amides is 1. The Morgan fingerprint density at radius 2 is 2.05 bits per heavy atom. The maximum atomic E-state index is 12.4. The lowest BCUT2D eigenvalue weighted by Gasteiger charge is -2.36. The first-order valence-electron chi connectivity index (χ1n) is 7.48. The van der Waals surface area contributed by atoms with Crippen LogP contribution in [-0.2, 0) is 0 Å². The molecule has 2 rings (SSSR count). The van der Waals surface area contributed by atoms with E-state index >= 15 is 0 Å². The number of rotatable bonds is 4. The maximum absolute atomic E-state index is 12.4. The van der Waals surface area contributed by atoms with Gasteiger partial charge in [0.05, 0.1) is 22.8 Å². The van der Waals surface area contributed by atoms with Crippen LogP contribution in [0.5, 0.6) is 0 Å². The minimum absolute atomic E-state index is 0.145. The largest absolute Gasteiger partial charge is 0.474 e. The third-order valence-electron chi connectivity index (χ3n) is 4.09. The molecule has 0 radical (unpaired) electrons. The van der Waals surface area contributed by atoms with Crippen molar-refractivity contribution in [3.63, 3.8) is 0 Å². The van der Waals surface area contributed by atoms with Crippen LogP contribution in [0.15, 0.2) is 16.7 Å². The highest BCUT2D eigenvalue weighted by molar-refractivity contribution is 6.88. The van der Waals surface area contributed by atoms with Gasteiger partial charge in [-0.25, -0.2) is 0 Å². The lowest BCUT2D eigenvalue weighted by molar-refractivity contribution is -0.0135. The van der Waals surface area contributed by atoms with Crippen LogP contribution in [0.2, 0.25) is 19.6 Å². The van der Waals surface area contributed by atoms with E-state index in [1.165, 1.54) is 0 Å². The highest BCUT2D eigenvalue weighted by Crippen LogP contribution is 2.20. The van der Waals surface area contributed by atoms with E-state index in [-0.39, 0.29) is 5.91 Å². The average molecular weight is 310 g/mol. The molecule has 0 aliphatic carbocycles. The first kappa shape index (κ1) is 16.3. The van der Waals surface area contributed by atoms with Gasteiger partial charge >= 0.3 is 0 Å². The van der Waals surface area contributed by atoms with E-state index in [0.717, 1.165) is 18.5 Å². The zero-order chi connectivity index (χ0) is 15.7. The fourth-order valence-electron chi connectivity index (χ4n) is 2.62. The molecule has 0 aromatic carbocycles. The number of carbonyl (C=O) groups excluding carboxylic acids is 1. The van der Waals surface area contributed by atoms with E-state index in [1.807, 2.05) is 7.05 Å². The molecule has 1 aliphatic heterocycles. The molecule has 1 aromatic rings. The summed E-state index contributed by atoms with van der Waals surface area (Å²) in [6.07, 6.45) is 2.96. The summed E-state index contributed by atoms with van der Waals surface area (Å²) in [6, 6.07) is 1.72. The first-order chi connectivity index (χ1) is 9.71. The van der Waals surface area contributed by atoms with E-state index in [0.29, 0.717) is 24.9 Å². The molecule has 1 fully saturated rings. The Labute approximate surface area is 127 Å². The summed E-state index contributed by atoms with van der Waals surface area (Å²) in [5, 5.41) is 14.2. The van der Waals surface area contributed by atoms with Crippen molar-refractivity contribution in [2.75, 3.05) is 26.7 Å². The van der Waals surface area contributed by atoms with Gasteiger partial charge in [0, 0.05) is 19.6 Å². The average Bonchev–Trinajstić information content (AvgIpc) is 2.89. The van der Waals surface area contributed by atoms with Crippen molar-refractivity contribution >= 4 is 19.4 Å². The molecule has 21 heavy (non-hydrogen) atoms. The van der Waals surface area contributed by atoms with Gasteiger partial charge in [-0.1, -0.05) is 19.6 Å². The zero-order valence-corrected chi connectivity index (χ0v) is 14.4. The highest BCUT2D eigenvalue weighted by Gasteiger charge is 2.33. The molecule has 5 nitrogen and oxygen atoms in total. The van der Waals surface area contributed by atoms with Gasteiger partial charge in [-0.15, -0.1) is 0 Å². The van der Waals surface area contributed by atoms with Crippen LogP contribution in [0.4, 0.5) is 0 Å². The van der Waals surface area contributed by atoms with Gasteiger partial charge in [0.25, 0.3) is 5.91 Å². The highest BCUT2D eigenvalue weighted by atomic mass is 28.3. The van der Waals surface area contributed by atoms with Crippen LogP contribution in [-0.4, -0.2) is 56.3 Å². The van der Waals surface area contributed by atoms with Gasteiger partial charge in [-0.3, -0.25) is 4.79 Å². The van der Waals surface area contributed by atoms with E-state index in [4.69, 9.17) is 4.42 Å². The number of nitrogens with zero attached hydrogens (tertiary/aromatic N) is 1. The Hall–Kier alpha value is -1.11. The number of hydrogen-bond donors (Lipinski definition) is 2. The number of piperidine rings is 1. The molecular formula is C15H26N2O3Si. The van der Waals surface area contributed by atoms with Crippen LogP contribution in [0.25, 0.3) is 0 Å². The molecule has 2 heterocycles. The Morgan fingerprint density at radius 3 is 2.62 bits per heavy atom. The number of hydrogen-bond acceptors (Lipinski definition) is 4. The molecule has 1 amide bonds. The van der Waals surface area contributed by atoms with Crippen molar-refractivity contribution in [1.82, 2.24) is 10.2 Å². The Kier molecular flexibility index (Phi) is 4.60.